The highest BCUT2D eigenvalue weighted by Crippen LogP contribution is 2.32. The van der Waals surface area contributed by atoms with Crippen LogP contribution in [0.1, 0.15) is 31.2 Å². The van der Waals surface area contributed by atoms with Gasteiger partial charge in [-0.25, -0.2) is 13.9 Å². The maximum atomic E-state index is 13.8. The van der Waals surface area contributed by atoms with Gasteiger partial charge in [0, 0.05) is 48.7 Å². The number of aryl methyl sites for hydroxylation is 1. The zero-order valence-corrected chi connectivity index (χ0v) is 19.5. The molecule has 1 saturated carbocycles. The van der Waals surface area contributed by atoms with E-state index < -0.39 is 5.82 Å². The summed E-state index contributed by atoms with van der Waals surface area (Å²) in [5, 5.41) is 12.8. The van der Waals surface area contributed by atoms with Crippen molar-refractivity contribution in [1.82, 2.24) is 19.4 Å². The molecule has 5 rings (SSSR count). The van der Waals surface area contributed by atoms with Crippen LogP contribution in [0, 0.1) is 5.82 Å². The summed E-state index contributed by atoms with van der Waals surface area (Å²) in [4.78, 5) is 4.43. The van der Waals surface area contributed by atoms with Crippen molar-refractivity contribution in [3.63, 3.8) is 0 Å². The van der Waals surface area contributed by atoms with E-state index in [1.54, 1.807) is 10.9 Å². The van der Waals surface area contributed by atoms with Crippen molar-refractivity contribution < 1.29 is 4.39 Å². The van der Waals surface area contributed by atoms with E-state index in [1.165, 1.54) is 18.2 Å². The molecule has 0 spiro atoms. The molecule has 0 amide bonds. The molecule has 4 aromatic rings. The van der Waals surface area contributed by atoms with Crippen LogP contribution in [0.25, 0.3) is 16.6 Å². The number of nitrogens with zero attached hydrogens (tertiary/aromatic N) is 5. The molecule has 0 aliphatic heterocycles. The smallest absolute Gasteiger partial charge is 0.135 e. The molecule has 0 unspecified atom stereocenters. The minimum absolute atomic E-state index is 0.196. The van der Waals surface area contributed by atoms with Gasteiger partial charge in [-0.15, -0.1) is 0 Å². The third-order valence-electron chi connectivity index (χ3n) is 6.22. The number of hydrogen-bond acceptors (Lipinski definition) is 5. The number of nitrogens with two attached hydrogens (primary N) is 2. The Labute approximate surface area is 201 Å². The van der Waals surface area contributed by atoms with E-state index in [4.69, 9.17) is 23.1 Å². The van der Waals surface area contributed by atoms with Crippen molar-refractivity contribution in [2.45, 2.75) is 37.8 Å². The number of nitrogens with one attached hydrogen (secondary N) is 1. The summed E-state index contributed by atoms with van der Waals surface area (Å²) in [5.41, 5.74) is 17.1. The molecule has 0 bridgehead atoms. The molecule has 0 saturated heterocycles. The van der Waals surface area contributed by atoms with E-state index in [-0.39, 0.29) is 23.6 Å². The largest absolute Gasteiger partial charge is 0.383 e. The van der Waals surface area contributed by atoms with Gasteiger partial charge in [-0.05, 0) is 43.9 Å². The average molecular weight is 481 g/mol. The molecule has 1 fully saturated rings. The Morgan fingerprint density at radius 3 is 2.65 bits per heavy atom. The molecular formula is C24H26ClFN8. The topological polar surface area (TPSA) is 112 Å². The van der Waals surface area contributed by atoms with E-state index in [0.29, 0.717) is 10.6 Å². The summed E-state index contributed by atoms with van der Waals surface area (Å²) in [7, 11) is 1.88. The first-order valence-electron chi connectivity index (χ1n) is 11.2. The van der Waals surface area contributed by atoms with E-state index >= 15 is 0 Å². The van der Waals surface area contributed by atoms with E-state index in [0.717, 1.165) is 48.0 Å². The second kappa shape index (κ2) is 9.08. The number of hydrogen-bond donors (Lipinski definition) is 3. The number of fused-ring (bicyclic) bond motifs is 1. The van der Waals surface area contributed by atoms with Crippen molar-refractivity contribution >= 4 is 34.3 Å². The summed E-state index contributed by atoms with van der Waals surface area (Å²) < 4.78 is 17.3. The van der Waals surface area contributed by atoms with E-state index in [2.05, 4.69) is 20.5 Å². The second-order valence-electron chi connectivity index (χ2n) is 8.74. The van der Waals surface area contributed by atoms with Crippen molar-refractivity contribution in [2.75, 3.05) is 5.32 Å². The van der Waals surface area contributed by atoms with E-state index in [9.17, 15) is 4.39 Å². The van der Waals surface area contributed by atoms with E-state index in [1.807, 2.05) is 36.2 Å². The maximum absolute atomic E-state index is 13.8. The van der Waals surface area contributed by atoms with Gasteiger partial charge in [0.15, 0.2) is 0 Å². The monoisotopic (exact) mass is 480 g/mol. The Morgan fingerprint density at radius 1 is 1.12 bits per heavy atom. The lowest BCUT2D eigenvalue weighted by Gasteiger charge is -2.28. The molecule has 3 heterocycles. The van der Waals surface area contributed by atoms with Gasteiger partial charge in [-0.1, -0.05) is 11.6 Å². The Balaban J connectivity index is 1.61. The Bertz CT molecular complexity index is 1370. The molecule has 176 valence electrons. The van der Waals surface area contributed by atoms with Gasteiger partial charge < -0.3 is 16.8 Å². The zero-order chi connectivity index (χ0) is 23.8. The number of amidine groups is 1. The van der Waals surface area contributed by atoms with Crippen LogP contribution >= 0.6 is 11.6 Å². The van der Waals surface area contributed by atoms with Gasteiger partial charge >= 0.3 is 0 Å². The summed E-state index contributed by atoms with van der Waals surface area (Å²) in [5.74, 6) is -0.240. The Kier molecular flexibility index (Phi) is 5.97. The Morgan fingerprint density at radius 2 is 1.91 bits per heavy atom. The van der Waals surface area contributed by atoms with Crippen LogP contribution in [0.3, 0.4) is 0 Å². The highest BCUT2D eigenvalue weighted by atomic mass is 35.5. The van der Waals surface area contributed by atoms with Gasteiger partial charge in [-0.3, -0.25) is 4.68 Å². The lowest BCUT2D eigenvalue weighted by molar-refractivity contribution is 0.411. The zero-order valence-electron chi connectivity index (χ0n) is 18.7. The number of rotatable bonds is 5. The molecule has 34 heavy (non-hydrogen) atoms. The molecule has 1 aliphatic carbocycles. The number of halogens is 2. The SMILES string of the molecule is Cn1cc(-c2cc3c(NC4CCC(N)CC4)c(C(N)=Nc4cc(F)ccc4Cl)cnn3c2)cn1. The maximum Gasteiger partial charge on any atom is 0.135 e. The standard InChI is InChI=1S/C24H26ClFN8/c1-33-12-15(10-29-33)14-8-22-23(31-18-5-3-17(27)4-6-18)19(11-30-34(22)13-14)24(28)32-21-9-16(26)2-7-20(21)25/h2,7-13,17-18,31H,3-6,27H2,1H3,(H2,28,32). The predicted octanol–water partition coefficient (Wildman–Crippen LogP) is 4.25. The van der Waals surface area contributed by atoms with Crippen molar-refractivity contribution in [1.29, 1.82) is 0 Å². The molecule has 1 aliphatic rings. The van der Waals surface area contributed by atoms with Gasteiger partial charge in [0.05, 0.1) is 39.9 Å². The molecule has 3 aromatic heterocycles. The molecule has 8 nitrogen and oxygen atoms in total. The van der Waals surface area contributed by atoms with Gasteiger partial charge in [-0.2, -0.15) is 10.2 Å². The van der Waals surface area contributed by atoms with Crippen LogP contribution in [0.5, 0.6) is 0 Å². The molecule has 10 heteroatoms. The number of aliphatic imine (C=N–C) groups is 1. The molecule has 0 atom stereocenters. The minimum Gasteiger partial charge on any atom is -0.383 e. The van der Waals surface area contributed by atoms with Gasteiger partial charge in [0.25, 0.3) is 0 Å². The summed E-state index contributed by atoms with van der Waals surface area (Å²) in [6, 6.07) is 6.53. The second-order valence-corrected chi connectivity index (χ2v) is 9.15. The summed E-state index contributed by atoms with van der Waals surface area (Å²) >= 11 is 6.22. The fraction of sp³-hybridized carbons (Fsp3) is 0.292. The number of aromatic nitrogens is 4. The average Bonchev–Trinajstić information content (AvgIpc) is 3.44. The van der Waals surface area contributed by atoms with Crippen LogP contribution in [0.15, 0.2) is 54.0 Å². The molecular weight excluding hydrogens is 455 g/mol. The quantitative estimate of drug-likeness (QED) is 0.292. The third kappa shape index (κ3) is 4.49. The predicted molar refractivity (Wildman–Crippen MR) is 133 cm³/mol. The number of anilines is 1. The van der Waals surface area contributed by atoms with Gasteiger partial charge in [0.2, 0.25) is 0 Å². The minimum atomic E-state index is -0.436. The third-order valence-corrected chi connectivity index (χ3v) is 6.54. The first-order valence-corrected chi connectivity index (χ1v) is 11.6. The van der Waals surface area contributed by atoms with Crippen LogP contribution in [-0.2, 0) is 7.05 Å². The normalized spacial score (nSPS) is 19.0. The highest BCUT2D eigenvalue weighted by molar-refractivity contribution is 6.33. The van der Waals surface area contributed by atoms with Crippen molar-refractivity contribution in [3.05, 3.63) is 65.5 Å². The van der Waals surface area contributed by atoms with Crippen LogP contribution in [0.2, 0.25) is 5.02 Å². The highest BCUT2D eigenvalue weighted by Gasteiger charge is 2.22. The van der Waals surface area contributed by atoms with Crippen LogP contribution < -0.4 is 16.8 Å². The Hall–Kier alpha value is -3.43. The summed E-state index contributed by atoms with van der Waals surface area (Å²) in [6.45, 7) is 0. The first-order chi connectivity index (χ1) is 16.4. The fourth-order valence-corrected chi connectivity index (χ4v) is 4.52. The van der Waals surface area contributed by atoms with Crippen molar-refractivity contribution in [3.8, 4) is 11.1 Å². The van der Waals surface area contributed by atoms with Crippen molar-refractivity contribution in [2.24, 2.45) is 23.5 Å². The molecule has 1 aromatic carbocycles. The summed E-state index contributed by atoms with van der Waals surface area (Å²) in [6.07, 6.45) is 11.2. The number of benzene rings is 1. The van der Waals surface area contributed by atoms with Gasteiger partial charge in [0.1, 0.15) is 11.7 Å². The molecule has 0 radical (unpaired) electrons. The first kappa shape index (κ1) is 22.4. The molecule has 5 N–H and O–H groups in total. The lowest BCUT2D eigenvalue weighted by Crippen LogP contribution is -2.33. The fourth-order valence-electron chi connectivity index (χ4n) is 4.36. The van der Waals surface area contributed by atoms with Crippen LogP contribution in [0.4, 0.5) is 15.8 Å². The lowest BCUT2D eigenvalue weighted by atomic mass is 9.91. The van der Waals surface area contributed by atoms with Crippen LogP contribution in [-0.4, -0.2) is 37.3 Å².